The third-order valence-corrected chi connectivity index (χ3v) is 5.78. The summed E-state index contributed by atoms with van der Waals surface area (Å²) < 4.78 is 13.3. The maximum Gasteiger partial charge on any atom is 0.292 e. The molecule has 6 nitrogen and oxygen atoms in total. The Balaban J connectivity index is 1.39. The molecule has 0 bridgehead atoms. The van der Waals surface area contributed by atoms with Gasteiger partial charge in [0.2, 0.25) is 0 Å². The Morgan fingerprint density at radius 3 is 2.62 bits per heavy atom. The van der Waals surface area contributed by atoms with Crippen molar-refractivity contribution in [3.63, 3.8) is 0 Å². The van der Waals surface area contributed by atoms with Crippen LogP contribution in [0.15, 0.2) is 65.2 Å². The summed E-state index contributed by atoms with van der Waals surface area (Å²) in [5.74, 6) is 1.66. The van der Waals surface area contributed by atoms with E-state index < -0.39 is 5.91 Å². The van der Waals surface area contributed by atoms with Crippen LogP contribution in [0.4, 0.5) is 5.82 Å². The number of furan rings is 1. The minimum Gasteiger partial charge on any atom is -0.485 e. The average Bonchev–Trinajstić information content (AvgIpc) is 3.40. The number of carbonyl (C=O) groups is 1. The molecule has 1 N–H and O–H groups in total. The summed E-state index contributed by atoms with van der Waals surface area (Å²) >= 11 is 12.2. The van der Waals surface area contributed by atoms with Crippen LogP contribution in [0.25, 0.3) is 0 Å². The van der Waals surface area contributed by atoms with Crippen LogP contribution in [0.2, 0.25) is 10.0 Å². The van der Waals surface area contributed by atoms with Crippen molar-refractivity contribution in [1.29, 1.82) is 0 Å². The summed E-state index contributed by atoms with van der Waals surface area (Å²) in [7, 11) is 0. The molecule has 2 aromatic heterocycles. The van der Waals surface area contributed by atoms with E-state index in [2.05, 4.69) is 36.4 Å². The van der Waals surface area contributed by atoms with Crippen molar-refractivity contribution in [3.05, 3.63) is 99.1 Å². The molecule has 34 heavy (non-hydrogen) atoms. The van der Waals surface area contributed by atoms with Crippen molar-refractivity contribution >= 4 is 34.9 Å². The maximum atomic E-state index is 12.7. The lowest BCUT2D eigenvalue weighted by atomic mass is 10.0. The van der Waals surface area contributed by atoms with Gasteiger partial charge in [-0.15, -0.1) is 0 Å². The molecule has 0 radical (unpaired) electrons. The molecule has 0 saturated carbocycles. The highest BCUT2D eigenvalue weighted by atomic mass is 35.5. The van der Waals surface area contributed by atoms with E-state index in [0.717, 1.165) is 22.4 Å². The number of rotatable bonds is 8. The fraction of sp³-hybridized carbons (Fsp3) is 0.231. The second-order valence-electron chi connectivity index (χ2n) is 8.35. The Labute approximate surface area is 208 Å². The van der Waals surface area contributed by atoms with Crippen LogP contribution in [-0.4, -0.2) is 15.7 Å². The molecule has 0 aliphatic heterocycles. The number of benzene rings is 2. The van der Waals surface area contributed by atoms with Crippen molar-refractivity contribution in [3.8, 4) is 5.75 Å². The molecular weight excluding hydrogens is 473 g/mol. The Kier molecular flexibility index (Phi) is 7.29. The van der Waals surface area contributed by atoms with Gasteiger partial charge in [0, 0.05) is 11.2 Å². The largest absolute Gasteiger partial charge is 0.485 e. The normalized spacial score (nSPS) is 11.1. The SMILES string of the molecule is Cc1ccc(C(C)C)c(OCc2ccc(C(=O)Nc3nn(Cc4ccc(Cl)cc4)cc3Cl)o2)c1. The number of hydrogen-bond donors (Lipinski definition) is 1. The molecule has 0 aliphatic rings. The van der Waals surface area contributed by atoms with Gasteiger partial charge in [0.15, 0.2) is 11.6 Å². The predicted molar refractivity (Wildman–Crippen MR) is 134 cm³/mol. The third kappa shape index (κ3) is 5.82. The van der Waals surface area contributed by atoms with Crippen molar-refractivity contribution in [1.82, 2.24) is 9.78 Å². The predicted octanol–water partition coefficient (Wildman–Crippen LogP) is 7.09. The molecule has 0 fully saturated rings. The van der Waals surface area contributed by atoms with Gasteiger partial charge in [-0.05, 0) is 59.9 Å². The summed E-state index contributed by atoms with van der Waals surface area (Å²) in [5, 5.41) is 8.06. The number of ether oxygens (including phenoxy) is 1. The van der Waals surface area contributed by atoms with Gasteiger partial charge in [0.05, 0.1) is 6.54 Å². The summed E-state index contributed by atoms with van der Waals surface area (Å²) in [4.78, 5) is 12.7. The van der Waals surface area contributed by atoms with Gasteiger partial charge in [-0.3, -0.25) is 9.48 Å². The zero-order valence-electron chi connectivity index (χ0n) is 19.1. The first-order chi connectivity index (χ1) is 16.3. The highest BCUT2D eigenvalue weighted by molar-refractivity contribution is 6.33. The van der Waals surface area contributed by atoms with E-state index in [1.54, 1.807) is 23.0 Å². The van der Waals surface area contributed by atoms with Gasteiger partial charge in [-0.2, -0.15) is 5.10 Å². The number of nitrogens with one attached hydrogen (secondary N) is 1. The topological polar surface area (TPSA) is 69.3 Å². The molecular formula is C26H25Cl2N3O3. The van der Waals surface area contributed by atoms with Crippen molar-refractivity contribution in [2.24, 2.45) is 0 Å². The van der Waals surface area contributed by atoms with Crippen LogP contribution in [0.1, 0.15) is 52.8 Å². The lowest BCUT2D eigenvalue weighted by molar-refractivity contribution is 0.0992. The minimum absolute atomic E-state index is 0.148. The molecule has 1 amide bonds. The van der Waals surface area contributed by atoms with E-state index >= 15 is 0 Å². The maximum absolute atomic E-state index is 12.7. The molecule has 2 aromatic carbocycles. The van der Waals surface area contributed by atoms with Crippen LogP contribution in [0, 0.1) is 6.92 Å². The van der Waals surface area contributed by atoms with Crippen molar-refractivity contribution in [2.75, 3.05) is 5.32 Å². The smallest absolute Gasteiger partial charge is 0.292 e. The van der Waals surface area contributed by atoms with E-state index in [0.29, 0.717) is 28.3 Å². The number of carbonyl (C=O) groups excluding carboxylic acids is 1. The van der Waals surface area contributed by atoms with Crippen LogP contribution in [0.5, 0.6) is 5.75 Å². The van der Waals surface area contributed by atoms with E-state index in [4.69, 9.17) is 32.4 Å². The first-order valence-corrected chi connectivity index (χ1v) is 11.6. The van der Waals surface area contributed by atoms with Crippen molar-refractivity contribution < 1.29 is 13.9 Å². The molecule has 0 atom stereocenters. The van der Waals surface area contributed by atoms with Crippen molar-refractivity contribution in [2.45, 2.75) is 39.8 Å². The van der Waals surface area contributed by atoms with Crippen LogP contribution >= 0.6 is 23.2 Å². The first-order valence-electron chi connectivity index (χ1n) is 10.9. The molecule has 176 valence electrons. The number of hydrogen-bond acceptors (Lipinski definition) is 4. The van der Waals surface area contributed by atoms with Gasteiger partial charge in [-0.25, -0.2) is 0 Å². The number of halogens is 2. The third-order valence-electron chi connectivity index (χ3n) is 5.25. The van der Waals surface area contributed by atoms with Crippen LogP contribution < -0.4 is 10.1 Å². The minimum atomic E-state index is -0.441. The van der Waals surface area contributed by atoms with Gasteiger partial charge >= 0.3 is 0 Å². The van der Waals surface area contributed by atoms with Crippen LogP contribution in [-0.2, 0) is 13.2 Å². The second kappa shape index (κ2) is 10.4. The highest BCUT2D eigenvalue weighted by Gasteiger charge is 2.17. The Morgan fingerprint density at radius 2 is 1.88 bits per heavy atom. The molecule has 4 aromatic rings. The summed E-state index contributed by atoms with van der Waals surface area (Å²) in [6.07, 6.45) is 1.65. The number of amides is 1. The summed E-state index contributed by atoms with van der Waals surface area (Å²) in [6.45, 7) is 6.97. The lowest BCUT2D eigenvalue weighted by Crippen LogP contribution is -2.12. The number of nitrogens with zero attached hydrogens (tertiary/aromatic N) is 2. The van der Waals surface area contributed by atoms with Crippen LogP contribution in [0.3, 0.4) is 0 Å². The lowest BCUT2D eigenvalue weighted by Gasteiger charge is -2.14. The van der Waals surface area contributed by atoms with Gasteiger partial charge < -0.3 is 14.5 Å². The molecule has 8 heteroatoms. The number of aryl methyl sites for hydroxylation is 1. The molecule has 0 spiro atoms. The molecule has 0 unspecified atom stereocenters. The average molecular weight is 498 g/mol. The number of anilines is 1. The first kappa shape index (κ1) is 23.9. The Bertz CT molecular complexity index is 1290. The van der Waals surface area contributed by atoms with Gasteiger partial charge in [0.1, 0.15) is 23.1 Å². The van der Waals surface area contributed by atoms with E-state index in [1.807, 2.05) is 37.3 Å². The quantitative estimate of drug-likeness (QED) is 0.282. The summed E-state index contributed by atoms with van der Waals surface area (Å²) in [6, 6.07) is 16.9. The Hall–Kier alpha value is -3.22. The zero-order valence-corrected chi connectivity index (χ0v) is 20.7. The van der Waals surface area contributed by atoms with Gasteiger partial charge in [0.25, 0.3) is 5.91 Å². The molecule has 0 aliphatic carbocycles. The molecule has 2 heterocycles. The standard InChI is InChI=1S/C26H25Cl2N3O3/c1-16(2)21-10-4-17(3)12-24(21)33-15-20-9-11-23(34-20)26(32)29-25-22(28)14-31(30-25)13-18-5-7-19(27)8-6-18/h4-12,14,16H,13,15H2,1-3H3,(H,29,30,32). The van der Waals surface area contributed by atoms with Gasteiger partial charge in [-0.1, -0.05) is 61.3 Å². The Morgan fingerprint density at radius 1 is 1.12 bits per heavy atom. The van der Waals surface area contributed by atoms with E-state index in [-0.39, 0.29) is 18.2 Å². The molecule has 4 rings (SSSR count). The highest BCUT2D eigenvalue weighted by Crippen LogP contribution is 2.28. The summed E-state index contributed by atoms with van der Waals surface area (Å²) in [5.41, 5.74) is 3.25. The fourth-order valence-corrected chi connectivity index (χ4v) is 3.80. The zero-order chi connectivity index (χ0) is 24.2. The second-order valence-corrected chi connectivity index (χ2v) is 9.20. The van der Waals surface area contributed by atoms with E-state index in [9.17, 15) is 4.79 Å². The molecule has 0 saturated heterocycles. The monoisotopic (exact) mass is 497 g/mol. The fourth-order valence-electron chi connectivity index (χ4n) is 3.48. The number of aromatic nitrogens is 2. The van der Waals surface area contributed by atoms with E-state index in [1.165, 1.54) is 0 Å².